The first-order valence-electron chi connectivity index (χ1n) is 6.59. The molecule has 1 aromatic heterocycles. The Hall–Kier alpha value is -2.47. The SMILES string of the molecule is COC(C)CNc1ccc([N+](=O)[O-])c(-c2ccccc2)n1. The molecular weight excluding hydrogens is 270 g/mol. The van der Waals surface area contributed by atoms with Crippen LogP contribution in [0.5, 0.6) is 0 Å². The molecule has 1 atom stereocenters. The predicted molar refractivity (Wildman–Crippen MR) is 81.3 cm³/mol. The highest BCUT2D eigenvalue weighted by molar-refractivity contribution is 5.71. The van der Waals surface area contributed by atoms with Crippen LogP contribution >= 0.6 is 0 Å². The standard InChI is InChI=1S/C15H17N3O3/c1-11(21-2)10-16-14-9-8-13(18(19)20)15(17-14)12-6-4-3-5-7-12/h3-9,11H,10H2,1-2H3,(H,16,17). The molecule has 110 valence electrons. The second kappa shape index (κ2) is 6.81. The van der Waals surface area contributed by atoms with Crippen molar-refractivity contribution in [3.8, 4) is 11.3 Å². The minimum absolute atomic E-state index is 0.00783. The van der Waals surface area contributed by atoms with Crippen LogP contribution in [-0.4, -0.2) is 29.7 Å². The molecule has 0 aliphatic heterocycles. The van der Waals surface area contributed by atoms with Gasteiger partial charge < -0.3 is 10.1 Å². The van der Waals surface area contributed by atoms with E-state index in [0.29, 0.717) is 23.6 Å². The molecule has 1 unspecified atom stereocenters. The third kappa shape index (κ3) is 3.76. The number of nitro groups is 1. The van der Waals surface area contributed by atoms with E-state index in [4.69, 9.17) is 4.74 Å². The Morgan fingerprint density at radius 2 is 2.00 bits per heavy atom. The molecule has 0 amide bonds. The normalized spacial score (nSPS) is 11.9. The van der Waals surface area contributed by atoms with Crippen LogP contribution in [0.4, 0.5) is 11.5 Å². The highest BCUT2D eigenvalue weighted by Gasteiger charge is 2.17. The topological polar surface area (TPSA) is 77.3 Å². The predicted octanol–water partition coefficient (Wildman–Crippen LogP) is 3.10. The summed E-state index contributed by atoms with van der Waals surface area (Å²) in [6.07, 6.45) is 0.0298. The number of ether oxygens (including phenoxy) is 1. The van der Waals surface area contributed by atoms with Crippen LogP contribution in [0.3, 0.4) is 0 Å². The lowest BCUT2D eigenvalue weighted by atomic mass is 10.1. The zero-order valence-corrected chi connectivity index (χ0v) is 11.9. The molecular formula is C15H17N3O3. The van der Waals surface area contributed by atoms with E-state index in [0.717, 1.165) is 0 Å². The van der Waals surface area contributed by atoms with E-state index in [1.54, 1.807) is 25.3 Å². The van der Waals surface area contributed by atoms with Gasteiger partial charge in [-0.3, -0.25) is 10.1 Å². The minimum atomic E-state index is -0.420. The lowest BCUT2D eigenvalue weighted by Gasteiger charge is -2.12. The highest BCUT2D eigenvalue weighted by Crippen LogP contribution is 2.29. The summed E-state index contributed by atoms with van der Waals surface area (Å²) >= 11 is 0. The fourth-order valence-electron chi connectivity index (χ4n) is 1.84. The number of nitrogens with one attached hydrogen (secondary N) is 1. The molecule has 0 spiro atoms. The van der Waals surface area contributed by atoms with E-state index in [-0.39, 0.29) is 11.8 Å². The number of anilines is 1. The van der Waals surface area contributed by atoms with Gasteiger partial charge in [0, 0.05) is 25.3 Å². The second-order valence-corrected chi connectivity index (χ2v) is 4.61. The lowest BCUT2D eigenvalue weighted by molar-refractivity contribution is -0.384. The van der Waals surface area contributed by atoms with Crippen LogP contribution in [0.1, 0.15) is 6.92 Å². The van der Waals surface area contributed by atoms with Gasteiger partial charge in [0.15, 0.2) is 5.69 Å². The Morgan fingerprint density at radius 1 is 1.29 bits per heavy atom. The van der Waals surface area contributed by atoms with Gasteiger partial charge in [-0.2, -0.15) is 0 Å². The number of pyridine rings is 1. The number of rotatable bonds is 6. The van der Waals surface area contributed by atoms with Gasteiger partial charge in [0.1, 0.15) is 5.82 Å². The molecule has 0 aliphatic carbocycles. The molecule has 2 rings (SSSR count). The molecule has 1 N–H and O–H groups in total. The molecule has 6 nitrogen and oxygen atoms in total. The van der Waals surface area contributed by atoms with Gasteiger partial charge in [-0.05, 0) is 13.0 Å². The Balaban J connectivity index is 2.33. The van der Waals surface area contributed by atoms with E-state index >= 15 is 0 Å². The van der Waals surface area contributed by atoms with E-state index in [2.05, 4.69) is 10.3 Å². The first-order valence-corrected chi connectivity index (χ1v) is 6.59. The van der Waals surface area contributed by atoms with Crippen molar-refractivity contribution in [2.24, 2.45) is 0 Å². The summed E-state index contributed by atoms with van der Waals surface area (Å²) in [4.78, 5) is 15.1. The summed E-state index contributed by atoms with van der Waals surface area (Å²) in [6, 6.07) is 12.2. The molecule has 0 radical (unpaired) electrons. The molecule has 0 saturated carbocycles. The first-order chi connectivity index (χ1) is 10.1. The summed E-state index contributed by atoms with van der Waals surface area (Å²) in [6.45, 7) is 2.51. The summed E-state index contributed by atoms with van der Waals surface area (Å²) in [5, 5.41) is 14.3. The van der Waals surface area contributed by atoms with E-state index in [1.165, 1.54) is 6.07 Å². The number of nitrogens with zero attached hydrogens (tertiary/aromatic N) is 2. The fraction of sp³-hybridized carbons (Fsp3) is 0.267. The van der Waals surface area contributed by atoms with Crippen LogP contribution < -0.4 is 5.32 Å². The van der Waals surface area contributed by atoms with E-state index < -0.39 is 4.92 Å². The monoisotopic (exact) mass is 287 g/mol. The van der Waals surface area contributed by atoms with Crippen molar-refractivity contribution in [1.29, 1.82) is 0 Å². The van der Waals surface area contributed by atoms with Gasteiger partial charge >= 0.3 is 0 Å². The Labute approximate surface area is 122 Å². The zero-order chi connectivity index (χ0) is 15.2. The van der Waals surface area contributed by atoms with Crippen LogP contribution in [0.15, 0.2) is 42.5 Å². The summed E-state index contributed by atoms with van der Waals surface area (Å²) < 4.78 is 5.15. The van der Waals surface area contributed by atoms with Crippen molar-refractivity contribution < 1.29 is 9.66 Å². The number of methoxy groups -OCH3 is 1. The molecule has 1 aromatic carbocycles. The smallest absolute Gasteiger partial charge is 0.295 e. The largest absolute Gasteiger partial charge is 0.380 e. The summed E-state index contributed by atoms with van der Waals surface area (Å²) in [5.74, 6) is 0.586. The molecule has 1 heterocycles. The van der Waals surface area contributed by atoms with Crippen LogP contribution in [0, 0.1) is 10.1 Å². The van der Waals surface area contributed by atoms with E-state index in [1.807, 2.05) is 25.1 Å². The summed E-state index contributed by atoms with van der Waals surface area (Å²) in [5.41, 5.74) is 1.06. The summed E-state index contributed by atoms with van der Waals surface area (Å²) in [7, 11) is 1.63. The van der Waals surface area contributed by atoms with Crippen molar-refractivity contribution in [3.63, 3.8) is 0 Å². The number of hydrogen-bond donors (Lipinski definition) is 1. The molecule has 0 bridgehead atoms. The van der Waals surface area contributed by atoms with Gasteiger partial charge in [-0.25, -0.2) is 4.98 Å². The van der Waals surface area contributed by atoms with E-state index in [9.17, 15) is 10.1 Å². The third-order valence-corrected chi connectivity index (χ3v) is 3.09. The zero-order valence-electron chi connectivity index (χ0n) is 11.9. The molecule has 6 heteroatoms. The molecule has 0 fully saturated rings. The van der Waals surface area contributed by atoms with Gasteiger partial charge in [0.25, 0.3) is 5.69 Å². The Bertz CT molecular complexity index is 617. The number of benzene rings is 1. The second-order valence-electron chi connectivity index (χ2n) is 4.61. The fourth-order valence-corrected chi connectivity index (χ4v) is 1.84. The average Bonchev–Trinajstić information content (AvgIpc) is 2.53. The van der Waals surface area contributed by atoms with Crippen molar-refractivity contribution >= 4 is 11.5 Å². The lowest BCUT2D eigenvalue weighted by Crippen LogP contribution is -2.18. The van der Waals surface area contributed by atoms with Gasteiger partial charge in [-0.1, -0.05) is 30.3 Å². The third-order valence-electron chi connectivity index (χ3n) is 3.09. The van der Waals surface area contributed by atoms with Crippen molar-refractivity contribution in [2.75, 3.05) is 19.0 Å². The van der Waals surface area contributed by atoms with Crippen LogP contribution in [0.2, 0.25) is 0 Å². The van der Waals surface area contributed by atoms with Gasteiger partial charge in [0.05, 0.1) is 11.0 Å². The average molecular weight is 287 g/mol. The minimum Gasteiger partial charge on any atom is -0.380 e. The Morgan fingerprint density at radius 3 is 2.62 bits per heavy atom. The van der Waals surface area contributed by atoms with Crippen molar-refractivity contribution in [3.05, 3.63) is 52.6 Å². The molecule has 21 heavy (non-hydrogen) atoms. The highest BCUT2D eigenvalue weighted by atomic mass is 16.6. The maximum absolute atomic E-state index is 11.1. The quantitative estimate of drug-likeness (QED) is 0.652. The molecule has 0 saturated heterocycles. The van der Waals surface area contributed by atoms with Crippen LogP contribution in [0.25, 0.3) is 11.3 Å². The maximum Gasteiger partial charge on any atom is 0.295 e. The van der Waals surface area contributed by atoms with Gasteiger partial charge in [0.2, 0.25) is 0 Å². The number of hydrogen-bond acceptors (Lipinski definition) is 5. The van der Waals surface area contributed by atoms with Crippen molar-refractivity contribution in [2.45, 2.75) is 13.0 Å². The first kappa shape index (κ1) is 14.9. The Kier molecular flexibility index (Phi) is 4.84. The van der Waals surface area contributed by atoms with Gasteiger partial charge in [-0.15, -0.1) is 0 Å². The molecule has 0 aliphatic rings. The molecule has 2 aromatic rings. The maximum atomic E-state index is 11.1. The van der Waals surface area contributed by atoms with Crippen molar-refractivity contribution in [1.82, 2.24) is 4.98 Å². The number of aromatic nitrogens is 1. The van der Waals surface area contributed by atoms with Crippen LogP contribution in [-0.2, 0) is 4.74 Å².